The SMILES string of the molecule is Cc1cc(C)cc(-c2nn(-c3cc(N4CC[C@H](O)C4)ccc3C(F)(F)F)c(=O)c3c2CCC3)c1. The summed E-state index contributed by atoms with van der Waals surface area (Å²) in [6, 6.07) is 9.71. The van der Waals surface area contributed by atoms with E-state index in [2.05, 4.69) is 5.10 Å². The number of β-amino-alcohol motifs (C(OH)–C–C–N with tert-alkyl or cyclic N) is 1. The molecular formula is C26H26F3N3O2. The van der Waals surface area contributed by atoms with Crippen LogP contribution in [0.2, 0.25) is 0 Å². The van der Waals surface area contributed by atoms with Crippen molar-refractivity contribution in [2.75, 3.05) is 18.0 Å². The molecule has 5 nitrogen and oxygen atoms in total. The zero-order chi connectivity index (χ0) is 24.2. The van der Waals surface area contributed by atoms with Crippen LogP contribution in [-0.4, -0.2) is 34.1 Å². The number of nitrogens with zero attached hydrogens (tertiary/aromatic N) is 3. The highest BCUT2D eigenvalue weighted by atomic mass is 19.4. The van der Waals surface area contributed by atoms with Crippen molar-refractivity contribution in [1.29, 1.82) is 0 Å². The lowest BCUT2D eigenvalue weighted by molar-refractivity contribution is -0.137. The molecule has 1 atom stereocenters. The van der Waals surface area contributed by atoms with Crippen LogP contribution in [0.5, 0.6) is 0 Å². The van der Waals surface area contributed by atoms with Crippen LogP contribution in [0.25, 0.3) is 16.9 Å². The molecule has 34 heavy (non-hydrogen) atoms. The molecule has 1 aliphatic heterocycles. The quantitative estimate of drug-likeness (QED) is 0.610. The normalized spacial score (nSPS) is 17.9. The van der Waals surface area contributed by atoms with Crippen LogP contribution in [0.1, 0.15) is 40.7 Å². The molecule has 3 aromatic rings. The van der Waals surface area contributed by atoms with Gasteiger partial charge in [-0.3, -0.25) is 4.79 Å². The second-order valence-corrected chi connectivity index (χ2v) is 9.34. The number of halogens is 3. The topological polar surface area (TPSA) is 58.4 Å². The molecule has 178 valence electrons. The number of aromatic nitrogens is 2. The molecule has 2 aromatic carbocycles. The molecule has 1 aromatic heterocycles. The van der Waals surface area contributed by atoms with Crippen LogP contribution < -0.4 is 10.5 Å². The van der Waals surface area contributed by atoms with Gasteiger partial charge in [-0.15, -0.1) is 0 Å². The van der Waals surface area contributed by atoms with Crippen molar-refractivity contribution < 1.29 is 18.3 Å². The van der Waals surface area contributed by atoms with Crippen molar-refractivity contribution in [3.05, 3.63) is 74.6 Å². The molecule has 1 aliphatic carbocycles. The Kier molecular flexibility index (Phi) is 5.51. The first-order valence-corrected chi connectivity index (χ1v) is 11.5. The Balaban J connectivity index is 1.76. The van der Waals surface area contributed by atoms with Crippen molar-refractivity contribution in [3.63, 3.8) is 0 Å². The smallest absolute Gasteiger partial charge is 0.391 e. The number of benzene rings is 2. The summed E-state index contributed by atoms with van der Waals surface area (Å²) in [7, 11) is 0. The number of alkyl halides is 3. The third kappa shape index (κ3) is 4.00. The maximum atomic E-state index is 14.0. The Labute approximate surface area is 195 Å². The molecule has 8 heteroatoms. The third-order valence-electron chi connectivity index (χ3n) is 6.69. The van der Waals surface area contributed by atoms with Crippen LogP contribution in [0.4, 0.5) is 18.9 Å². The summed E-state index contributed by atoms with van der Waals surface area (Å²) >= 11 is 0. The fourth-order valence-electron chi connectivity index (χ4n) is 5.19. The lowest BCUT2D eigenvalue weighted by Crippen LogP contribution is -2.29. The Morgan fingerprint density at radius 2 is 1.74 bits per heavy atom. The van der Waals surface area contributed by atoms with Crippen molar-refractivity contribution in [2.45, 2.75) is 51.8 Å². The molecule has 2 heterocycles. The van der Waals surface area contributed by atoms with Crippen molar-refractivity contribution in [2.24, 2.45) is 0 Å². The van der Waals surface area contributed by atoms with E-state index < -0.39 is 23.4 Å². The van der Waals surface area contributed by atoms with Crippen LogP contribution in [0, 0.1) is 13.8 Å². The summed E-state index contributed by atoms with van der Waals surface area (Å²) in [5, 5.41) is 14.5. The van der Waals surface area contributed by atoms with E-state index in [1.807, 2.05) is 36.9 Å². The Morgan fingerprint density at radius 3 is 2.38 bits per heavy atom. The van der Waals surface area contributed by atoms with Gasteiger partial charge in [-0.05, 0) is 75.4 Å². The molecule has 0 unspecified atom stereocenters. The molecule has 0 spiro atoms. The summed E-state index contributed by atoms with van der Waals surface area (Å²) in [5.74, 6) is 0. The highest BCUT2D eigenvalue weighted by molar-refractivity contribution is 5.67. The van der Waals surface area contributed by atoms with Gasteiger partial charge in [-0.1, -0.05) is 17.2 Å². The lowest BCUT2D eigenvalue weighted by atomic mass is 10.00. The summed E-state index contributed by atoms with van der Waals surface area (Å²) < 4.78 is 43.1. The van der Waals surface area contributed by atoms with Gasteiger partial charge in [0.05, 0.1) is 23.0 Å². The van der Waals surface area contributed by atoms with Gasteiger partial charge in [0.25, 0.3) is 5.56 Å². The summed E-state index contributed by atoms with van der Waals surface area (Å²) in [4.78, 5) is 15.3. The van der Waals surface area contributed by atoms with E-state index >= 15 is 0 Å². The average Bonchev–Trinajstić information content (AvgIpc) is 3.42. The molecule has 0 radical (unpaired) electrons. The fraction of sp³-hybridized carbons (Fsp3) is 0.385. The first-order chi connectivity index (χ1) is 16.1. The van der Waals surface area contributed by atoms with Gasteiger partial charge in [0.1, 0.15) is 0 Å². The fourth-order valence-corrected chi connectivity index (χ4v) is 5.19. The van der Waals surface area contributed by atoms with Crippen molar-refractivity contribution >= 4 is 5.69 Å². The number of hydrogen-bond acceptors (Lipinski definition) is 4. The summed E-state index contributed by atoms with van der Waals surface area (Å²) in [5.41, 5.74) is 3.63. The zero-order valence-electron chi connectivity index (χ0n) is 19.1. The third-order valence-corrected chi connectivity index (χ3v) is 6.69. The lowest BCUT2D eigenvalue weighted by Gasteiger charge is -2.22. The number of anilines is 1. The first kappa shape index (κ1) is 22.7. The van der Waals surface area contributed by atoms with E-state index in [4.69, 9.17) is 0 Å². The van der Waals surface area contributed by atoms with Gasteiger partial charge < -0.3 is 10.0 Å². The number of aryl methyl sites for hydroxylation is 2. The zero-order valence-corrected chi connectivity index (χ0v) is 19.1. The van der Waals surface area contributed by atoms with E-state index in [1.165, 1.54) is 12.1 Å². The van der Waals surface area contributed by atoms with Gasteiger partial charge in [0.2, 0.25) is 0 Å². The maximum absolute atomic E-state index is 14.0. The largest absolute Gasteiger partial charge is 0.418 e. The molecule has 0 bridgehead atoms. The minimum Gasteiger partial charge on any atom is -0.391 e. The van der Waals surface area contributed by atoms with E-state index in [-0.39, 0.29) is 5.69 Å². The number of fused-ring (bicyclic) bond motifs is 1. The van der Waals surface area contributed by atoms with Crippen LogP contribution in [0.3, 0.4) is 0 Å². The van der Waals surface area contributed by atoms with E-state index in [9.17, 15) is 23.1 Å². The molecule has 0 amide bonds. The number of aliphatic hydroxyl groups is 1. The Bertz CT molecular complexity index is 1310. The van der Waals surface area contributed by atoms with Gasteiger partial charge >= 0.3 is 6.18 Å². The van der Waals surface area contributed by atoms with Crippen LogP contribution in [0.15, 0.2) is 41.2 Å². The second-order valence-electron chi connectivity index (χ2n) is 9.34. The average molecular weight is 470 g/mol. The Hall–Kier alpha value is -3.13. The predicted molar refractivity (Wildman–Crippen MR) is 125 cm³/mol. The van der Waals surface area contributed by atoms with Gasteiger partial charge in [-0.2, -0.15) is 23.0 Å². The second kappa shape index (κ2) is 8.27. The molecule has 0 saturated carbocycles. The number of aliphatic hydroxyl groups excluding tert-OH is 1. The molecule has 1 N–H and O–H groups in total. The molecular weight excluding hydrogens is 443 g/mol. The number of rotatable bonds is 3. The van der Waals surface area contributed by atoms with Gasteiger partial charge in [0, 0.05) is 29.9 Å². The molecule has 2 aliphatic rings. The van der Waals surface area contributed by atoms with Crippen molar-refractivity contribution in [1.82, 2.24) is 9.78 Å². The molecule has 5 rings (SSSR count). The summed E-state index contributed by atoms with van der Waals surface area (Å²) in [6.07, 6.45) is -2.66. The van der Waals surface area contributed by atoms with E-state index in [1.54, 1.807) is 0 Å². The standard InChI is InChI=1S/C26H26F3N3O2/c1-15-10-16(2)12-17(11-15)24-20-4-3-5-21(20)25(34)32(30-24)23-13-18(31-9-8-19(33)14-31)6-7-22(23)26(27,28)29/h6-7,10-13,19,33H,3-5,8-9,14H2,1-2H3/t19-/m0/s1. The minimum absolute atomic E-state index is 0.281. The van der Waals surface area contributed by atoms with Gasteiger partial charge in [0.15, 0.2) is 0 Å². The Morgan fingerprint density at radius 1 is 1.03 bits per heavy atom. The van der Waals surface area contributed by atoms with Crippen LogP contribution in [-0.2, 0) is 19.0 Å². The first-order valence-electron chi connectivity index (χ1n) is 11.5. The van der Waals surface area contributed by atoms with E-state index in [0.29, 0.717) is 49.3 Å². The molecule has 1 fully saturated rings. The van der Waals surface area contributed by atoms with E-state index in [0.717, 1.165) is 39.4 Å². The number of hydrogen-bond donors (Lipinski definition) is 1. The van der Waals surface area contributed by atoms with Gasteiger partial charge in [-0.25, -0.2) is 0 Å². The maximum Gasteiger partial charge on any atom is 0.418 e. The molecule has 1 saturated heterocycles. The van der Waals surface area contributed by atoms with Crippen LogP contribution >= 0.6 is 0 Å². The highest BCUT2D eigenvalue weighted by Crippen LogP contribution is 2.37. The predicted octanol–water partition coefficient (Wildman–Crippen LogP) is 4.59. The highest BCUT2D eigenvalue weighted by Gasteiger charge is 2.36. The summed E-state index contributed by atoms with van der Waals surface area (Å²) in [6.45, 7) is 4.79. The minimum atomic E-state index is -4.65. The van der Waals surface area contributed by atoms with Crippen molar-refractivity contribution in [3.8, 4) is 16.9 Å². The monoisotopic (exact) mass is 469 g/mol.